The lowest BCUT2D eigenvalue weighted by atomic mass is 10.1. The van der Waals surface area contributed by atoms with Crippen molar-refractivity contribution in [3.05, 3.63) is 29.3 Å². The SMILES string of the molecule is Cc1cccc(OC(C)(C)C(N)=S)c1C. The minimum Gasteiger partial charge on any atom is -0.480 e. The van der Waals surface area contributed by atoms with Crippen molar-refractivity contribution < 1.29 is 4.74 Å². The van der Waals surface area contributed by atoms with Crippen LogP contribution in [-0.4, -0.2) is 10.6 Å². The van der Waals surface area contributed by atoms with Crippen LogP contribution in [0.1, 0.15) is 25.0 Å². The first-order valence-electron chi connectivity index (χ1n) is 4.90. The molecular weight excluding hydrogens is 206 g/mol. The highest BCUT2D eigenvalue weighted by atomic mass is 32.1. The van der Waals surface area contributed by atoms with Crippen molar-refractivity contribution in [2.24, 2.45) is 5.73 Å². The van der Waals surface area contributed by atoms with Crippen LogP contribution >= 0.6 is 12.2 Å². The summed E-state index contributed by atoms with van der Waals surface area (Å²) in [6.07, 6.45) is 0. The molecule has 0 unspecified atom stereocenters. The lowest BCUT2D eigenvalue weighted by Gasteiger charge is -2.26. The average Bonchev–Trinajstić information content (AvgIpc) is 2.12. The van der Waals surface area contributed by atoms with Crippen LogP contribution in [0.15, 0.2) is 18.2 Å². The van der Waals surface area contributed by atoms with Gasteiger partial charge >= 0.3 is 0 Å². The lowest BCUT2D eigenvalue weighted by molar-refractivity contribution is 0.182. The lowest BCUT2D eigenvalue weighted by Crippen LogP contribution is -2.42. The number of hydrogen-bond donors (Lipinski definition) is 1. The van der Waals surface area contributed by atoms with Gasteiger partial charge in [-0.25, -0.2) is 0 Å². The quantitative estimate of drug-likeness (QED) is 0.800. The van der Waals surface area contributed by atoms with Crippen molar-refractivity contribution in [3.63, 3.8) is 0 Å². The molecule has 0 saturated heterocycles. The summed E-state index contributed by atoms with van der Waals surface area (Å²) in [5.74, 6) is 0.841. The van der Waals surface area contributed by atoms with Crippen molar-refractivity contribution in [1.82, 2.24) is 0 Å². The van der Waals surface area contributed by atoms with Gasteiger partial charge in [-0.05, 0) is 44.9 Å². The largest absolute Gasteiger partial charge is 0.480 e. The van der Waals surface area contributed by atoms with E-state index in [-0.39, 0.29) is 0 Å². The highest BCUT2D eigenvalue weighted by Crippen LogP contribution is 2.25. The maximum Gasteiger partial charge on any atom is 0.153 e. The Morgan fingerprint density at radius 2 is 1.93 bits per heavy atom. The normalized spacial score (nSPS) is 11.2. The van der Waals surface area contributed by atoms with Crippen LogP contribution in [0, 0.1) is 13.8 Å². The fourth-order valence-electron chi connectivity index (χ4n) is 1.16. The van der Waals surface area contributed by atoms with Gasteiger partial charge in [-0.1, -0.05) is 24.4 Å². The molecule has 2 nitrogen and oxygen atoms in total. The van der Waals surface area contributed by atoms with Crippen molar-refractivity contribution >= 4 is 17.2 Å². The Morgan fingerprint density at radius 3 is 2.47 bits per heavy atom. The van der Waals surface area contributed by atoms with E-state index >= 15 is 0 Å². The van der Waals surface area contributed by atoms with Gasteiger partial charge in [0.2, 0.25) is 0 Å². The van der Waals surface area contributed by atoms with Gasteiger partial charge in [-0.3, -0.25) is 0 Å². The van der Waals surface area contributed by atoms with Crippen LogP contribution in [-0.2, 0) is 0 Å². The van der Waals surface area contributed by atoms with Crippen LogP contribution in [0.4, 0.5) is 0 Å². The highest BCUT2D eigenvalue weighted by Gasteiger charge is 2.24. The third kappa shape index (κ3) is 2.69. The van der Waals surface area contributed by atoms with Gasteiger partial charge in [0.25, 0.3) is 0 Å². The first-order chi connectivity index (χ1) is 6.84. The van der Waals surface area contributed by atoms with Crippen LogP contribution in [0.3, 0.4) is 0 Å². The molecule has 15 heavy (non-hydrogen) atoms. The zero-order valence-electron chi connectivity index (χ0n) is 9.63. The number of rotatable bonds is 3. The number of aryl methyl sites for hydroxylation is 1. The van der Waals surface area contributed by atoms with E-state index < -0.39 is 5.60 Å². The Kier molecular flexibility index (Phi) is 3.35. The Bertz CT molecular complexity index is 385. The molecule has 0 bridgehead atoms. The van der Waals surface area contributed by atoms with E-state index in [1.807, 2.05) is 32.9 Å². The maximum absolute atomic E-state index is 5.81. The summed E-state index contributed by atoms with van der Waals surface area (Å²) in [6.45, 7) is 7.82. The third-order valence-corrected chi connectivity index (χ3v) is 3.01. The second-order valence-electron chi connectivity index (χ2n) is 4.17. The molecule has 2 N–H and O–H groups in total. The highest BCUT2D eigenvalue weighted by molar-refractivity contribution is 7.80. The summed E-state index contributed by atoms with van der Waals surface area (Å²) in [5.41, 5.74) is 7.34. The molecule has 3 heteroatoms. The minimum atomic E-state index is -0.603. The third-order valence-electron chi connectivity index (χ3n) is 2.51. The van der Waals surface area contributed by atoms with Crippen molar-refractivity contribution in [3.8, 4) is 5.75 Å². The van der Waals surface area contributed by atoms with E-state index in [0.717, 1.165) is 11.3 Å². The molecule has 82 valence electrons. The standard InChI is InChI=1S/C12H17NOS/c1-8-6-5-7-10(9(8)2)14-12(3,4)11(13)15/h5-7H,1-4H3,(H2,13,15). The monoisotopic (exact) mass is 223 g/mol. The maximum atomic E-state index is 5.81. The van der Waals surface area contributed by atoms with E-state index in [2.05, 4.69) is 13.0 Å². The molecule has 0 aliphatic rings. The summed E-state index contributed by atoms with van der Waals surface area (Å²) < 4.78 is 5.81. The molecule has 0 radical (unpaired) electrons. The second kappa shape index (κ2) is 4.19. The smallest absolute Gasteiger partial charge is 0.153 e. The number of hydrogen-bond acceptors (Lipinski definition) is 2. The van der Waals surface area contributed by atoms with E-state index in [1.165, 1.54) is 5.56 Å². The first kappa shape index (κ1) is 12.0. The van der Waals surface area contributed by atoms with Gasteiger partial charge in [0, 0.05) is 0 Å². The Morgan fingerprint density at radius 1 is 1.33 bits per heavy atom. The van der Waals surface area contributed by atoms with Gasteiger partial charge in [-0.15, -0.1) is 0 Å². The van der Waals surface area contributed by atoms with Gasteiger partial charge in [0.15, 0.2) is 5.60 Å². The zero-order valence-corrected chi connectivity index (χ0v) is 10.4. The Labute approximate surface area is 96.4 Å². The molecule has 0 spiro atoms. The Balaban J connectivity index is 3.00. The number of thiocarbonyl (C=S) groups is 1. The van der Waals surface area contributed by atoms with E-state index in [0.29, 0.717) is 4.99 Å². The summed E-state index contributed by atoms with van der Waals surface area (Å²) in [6, 6.07) is 5.95. The minimum absolute atomic E-state index is 0.364. The fraction of sp³-hybridized carbons (Fsp3) is 0.417. The van der Waals surface area contributed by atoms with Crippen molar-refractivity contribution in [2.45, 2.75) is 33.3 Å². The molecule has 0 aromatic heterocycles. The molecule has 1 rings (SSSR count). The van der Waals surface area contributed by atoms with Crippen molar-refractivity contribution in [1.29, 1.82) is 0 Å². The molecule has 0 atom stereocenters. The fourth-order valence-corrected chi connectivity index (χ4v) is 1.20. The number of ether oxygens (including phenoxy) is 1. The first-order valence-corrected chi connectivity index (χ1v) is 5.30. The average molecular weight is 223 g/mol. The van der Waals surface area contributed by atoms with Gasteiger partial charge in [-0.2, -0.15) is 0 Å². The molecule has 1 aromatic rings. The summed E-state index contributed by atoms with van der Waals surface area (Å²) in [5, 5.41) is 0. The van der Waals surface area contributed by atoms with Gasteiger partial charge in [0.1, 0.15) is 10.7 Å². The zero-order chi connectivity index (χ0) is 11.6. The second-order valence-corrected chi connectivity index (χ2v) is 4.61. The van der Waals surface area contributed by atoms with Crippen LogP contribution in [0.25, 0.3) is 0 Å². The molecule has 0 saturated carbocycles. The molecule has 0 heterocycles. The predicted octanol–water partition coefficient (Wildman–Crippen LogP) is 2.75. The van der Waals surface area contributed by atoms with Crippen LogP contribution in [0.2, 0.25) is 0 Å². The number of benzene rings is 1. The summed E-state index contributed by atoms with van der Waals surface area (Å²) in [7, 11) is 0. The van der Waals surface area contributed by atoms with Crippen LogP contribution in [0.5, 0.6) is 5.75 Å². The molecule has 1 aromatic carbocycles. The number of nitrogens with two attached hydrogens (primary N) is 1. The summed E-state index contributed by atoms with van der Waals surface area (Å²) >= 11 is 4.96. The molecule has 0 aliphatic heterocycles. The van der Waals surface area contributed by atoms with Crippen molar-refractivity contribution in [2.75, 3.05) is 0 Å². The Hall–Kier alpha value is -1.09. The molecule has 0 amide bonds. The summed E-state index contributed by atoms with van der Waals surface area (Å²) in [4.78, 5) is 0.364. The van der Waals surface area contributed by atoms with Crippen LogP contribution < -0.4 is 10.5 Å². The van der Waals surface area contributed by atoms with E-state index in [9.17, 15) is 0 Å². The van der Waals surface area contributed by atoms with Gasteiger partial charge < -0.3 is 10.5 Å². The predicted molar refractivity (Wildman–Crippen MR) is 67.4 cm³/mol. The van der Waals surface area contributed by atoms with E-state index in [1.54, 1.807) is 0 Å². The topological polar surface area (TPSA) is 35.2 Å². The molecular formula is C12H17NOS. The van der Waals surface area contributed by atoms with Gasteiger partial charge in [0.05, 0.1) is 0 Å². The molecule has 0 fully saturated rings. The molecule has 0 aliphatic carbocycles. The van der Waals surface area contributed by atoms with E-state index in [4.69, 9.17) is 22.7 Å².